The van der Waals surface area contributed by atoms with Crippen molar-refractivity contribution >= 4 is 33.4 Å². The molecule has 0 saturated carbocycles. The second-order valence-electron chi connectivity index (χ2n) is 7.25. The Morgan fingerprint density at radius 3 is 2.43 bits per heavy atom. The molecule has 1 heterocycles. The molecule has 2 aromatic rings. The molecule has 0 unspecified atom stereocenters. The Bertz CT molecular complexity index is 978. The number of thioether (sulfide) groups is 1. The first-order valence-electron chi connectivity index (χ1n) is 9.69. The number of amides is 1. The van der Waals surface area contributed by atoms with Gasteiger partial charge in [0, 0.05) is 23.7 Å². The van der Waals surface area contributed by atoms with Crippen LogP contribution in [0.5, 0.6) is 0 Å². The fourth-order valence-corrected chi connectivity index (χ4v) is 5.60. The number of carbonyl (C=O) groups is 1. The van der Waals surface area contributed by atoms with E-state index < -0.39 is 26.0 Å². The van der Waals surface area contributed by atoms with Crippen LogP contribution < -0.4 is 5.32 Å². The van der Waals surface area contributed by atoms with Crippen LogP contribution in [-0.4, -0.2) is 50.2 Å². The Morgan fingerprint density at radius 1 is 1.13 bits per heavy atom. The summed E-state index contributed by atoms with van der Waals surface area (Å²) in [7, 11) is -4.01. The molecule has 1 atom stereocenters. The summed E-state index contributed by atoms with van der Waals surface area (Å²) in [4.78, 5) is 13.4. The number of rotatable bonds is 7. The van der Waals surface area contributed by atoms with Crippen LogP contribution in [0, 0.1) is 11.7 Å². The van der Waals surface area contributed by atoms with E-state index in [1.54, 1.807) is 0 Å². The van der Waals surface area contributed by atoms with Crippen LogP contribution in [0.3, 0.4) is 0 Å². The molecule has 1 N–H and O–H groups in total. The minimum absolute atomic E-state index is 0.0345. The molecule has 162 valence electrons. The Morgan fingerprint density at radius 2 is 1.80 bits per heavy atom. The molecule has 0 aliphatic carbocycles. The fraction of sp³-hybridized carbons (Fsp3) is 0.381. The number of sulfonamides is 1. The molecule has 1 fully saturated rings. The number of benzene rings is 2. The largest absolute Gasteiger partial charge is 0.379 e. The summed E-state index contributed by atoms with van der Waals surface area (Å²) in [5.41, 5.74) is 0.243. The molecular weight excluding hydrogens is 427 g/mol. The van der Waals surface area contributed by atoms with Crippen LogP contribution in [-0.2, 0) is 19.6 Å². The van der Waals surface area contributed by atoms with Crippen molar-refractivity contribution in [1.29, 1.82) is 0 Å². The van der Waals surface area contributed by atoms with Gasteiger partial charge in [-0.25, -0.2) is 12.8 Å². The number of anilines is 1. The van der Waals surface area contributed by atoms with Gasteiger partial charge in [0.25, 0.3) is 0 Å². The Labute approximate surface area is 180 Å². The molecule has 1 amide bonds. The van der Waals surface area contributed by atoms with Crippen LogP contribution in [0.1, 0.15) is 13.8 Å². The van der Waals surface area contributed by atoms with Gasteiger partial charge in [-0.05, 0) is 36.2 Å². The molecule has 2 aromatic carbocycles. The number of ether oxygens (including phenoxy) is 1. The van der Waals surface area contributed by atoms with Crippen LogP contribution >= 0.6 is 11.8 Å². The minimum atomic E-state index is -4.01. The summed E-state index contributed by atoms with van der Waals surface area (Å²) in [5, 5.41) is 2.36. The van der Waals surface area contributed by atoms with E-state index in [1.807, 2.05) is 44.2 Å². The number of halogens is 1. The number of carbonyl (C=O) groups excluding carboxylic acids is 1. The van der Waals surface area contributed by atoms with Gasteiger partial charge < -0.3 is 10.1 Å². The lowest BCUT2D eigenvalue weighted by molar-refractivity contribution is -0.116. The average molecular weight is 453 g/mol. The summed E-state index contributed by atoms with van der Waals surface area (Å²) < 4.78 is 46.4. The van der Waals surface area contributed by atoms with Gasteiger partial charge in [-0.15, -0.1) is 11.8 Å². The second-order valence-corrected chi connectivity index (χ2v) is 10.4. The quantitative estimate of drug-likeness (QED) is 0.650. The molecule has 1 aliphatic heterocycles. The lowest BCUT2D eigenvalue weighted by atomic mass is 10.1. The van der Waals surface area contributed by atoms with Crippen molar-refractivity contribution in [2.75, 3.05) is 31.6 Å². The maximum absolute atomic E-state index is 14.4. The third-order valence-electron chi connectivity index (χ3n) is 4.66. The molecule has 1 aliphatic rings. The molecule has 0 radical (unpaired) electrons. The number of hydrogen-bond acceptors (Lipinski definition) is 5. The van der Waals surface area contributed by atoms with Gasteiger partial charge in [0.05, 0.1) is 18.5 Å². The third kappa shape index (κ3) is 5.40. The van der Waals surface area contributed by atoms with E-state index in [9.17, 15) is 17.6 Å². The van der Waals surface area contributed by atoms with E-state index in [4.69, 9.17) is 4.74 Å². The number of hydrogen-bond donors (Lipinski definition) is 1. The minimum Gasteiger partial charge on any atom is -0.379 e. The van der Waals surface area contributed by atoms with Gasteiger partial charge in [0.1, 0.15) is 10.7 Å². The maximum atomic E-state index is 14.4. The van der Waals surface area contributed by atoms with E-state index in [0.717, 1.165) is 11.0 Å². The lowest BCUT2D eigenvalue weighted by Crippen LogP contribution is -2.41. The molecule has 0 bridgehead atoms. The van der Waals surface area contributed by atoms with Gasteiger partial charge in [0.2, 0.25) is 15.9 Å². The SMILES string of the molecule is CC(C)[C@@H](Sc1ccccc1)C(=O)Nc1ccc(F)c(S(=O)(=O)N2CCOCC2)c1. The first-order valence-corrected chi connectivity index (χ1v) is 12.0. The zero-order chi connectivity index (χ0) is 21.7. The van der Waals surface area contributed by atoms with Crippen molar-refractivity contribution in [3.63, 3.8) is 0 Å². The zero-order valence-electron chi connectivity index (χ0n) is 16.9. The highest BCUT2D eigenvalue weighted by Crippen LogP contribution is 2.30. The average Bonchev–Trinajstić information content (AvgIpc) is 2.74. The van der Waals surface area contributed by atoms with Crippen LogP contribution in [0.2, 0.25) is 0 Å². The van der Waals surface area contributed by atoms with E-state index in [1.165, 1.54) is 28.2 Å². The van der Waals surface area contributed by atoms with E-state index in [2.05, 4.69) is 5.32 Å². The summed E-state index contributed by atoms with van der Waals surface area (Å²) in [6.07, 6.45) is 0. The molecule has 30 heavy (non-hydrogen) atoms. The monoisotopic (exact) mass is 452 g/mol. The number of nitrogens with zero attached hydrogens (tertiary/aromatic N) is 1. The summed E-state index contributed by atoms with van der Waals surface area (Å²) in [5.74, 6) is -1.08. The molecule has 0 spiro atoms. The predicted molar refractivity (Wildman–Crippen MR) is 116 cm³/mol. The normalized spacial score (nSPS) is 16.4. The van der Waals surface area contributed by atoms with Crippen molar-refractivity contribution in [2.24, 2.45) is 5.92 Å². The fourth-order valence-electron chi connectivity index (χ4n) is 3.06. The molecular formula is C21H25FN2O4S2. The van der Waals surface area contributed by atoms with Crippen LogP contribution in [0.25, 0.3) is 0 Å². The van der Waals surface area contributed by atoms with Gasteiger partial charge in [0.15, 0.2) is 0 Å². The van der Waals surface area contributed by atoms with Gasteiger partial charge in [-0.3, -0.25) is 4.79 Å². The van der Waals surface area contributed by atoms with Crippen molar-refractivity contribution in [2.45, 2.75) is 28.9 Å². The number of nitrogens with one attached hydrogen (secondary N) is 1. The van der Waals surface area contributed by atoms with Crippen molar-refractivity contribution in [3.8, 4) is 0 Å². The smallest absolute Gasteiger partial charge is 0.246 e. The van der Waals surface area contributed by atoms with E-state index in [-0.39, 0.29) is 43.8 Å². The molecule has 0 aromatic heterocycles. The standard InChI is InChI=1S/C21H25FN2O4S2/c1-15(2)20(29-17-6-4-3-5-7-17)21(25)23-16-8-9-18(22)19(14-16)30(26,27)24-10-12-28-13-11-24/h3-9,14-15,20H,10-13H2,1-2H3,(H,23,25)/t20-/m1/s1. The first kappa shape index (κ1) is 22.7. The highest BCUT2D eigenvalue weighted by atomic mass is 32.2. The van der Waals surface area contributed by atoms with Gasteiger partial charge in [-0.1, -0.05) is 32.0 Å². The van der Waals surface area contributed by atoms with E-state index in [0.29, 0.717) is 0 Å². The summed E-state index contributed by atoms with van der Waals surface area (Å²) in [6, 6.07) is 13.2. The van der Waals surface area contributed by atoms with Crippen molar-refractivity contribution in [1.82, 2.24) is 4.31 Å². The Hall–Kier alpha value is -1.94. The highest BCUT2D eigenvalue weighted by molar-refractivity contribution is 8.00. The lowest BCUT2D eigenvalue weighted by Gasteiger charge is -2.26. The molecule has 9 heteroatoms. The third-order valence-corrected chi connectivity index (χ3v) is 8.13. The summed E-state index contributed by atoms with van der Waals surface area (Å²) >= 11 is 1.43. The second kappa shape index (κ2) is 9.91. The Kier molecular flexibility index (Phi) is 7.51. The Balaban J connectivity index is 1.80. The van der Waals surface area contributed by atoms with Crippen molar-refractivity contribution < 1.29 is 22.3 Å². The zero-order valence-corrected chi connectivity index (χ0v) is 18.5. The topological polar surface area (TPSA) is 75.7 Å². The maximum Gasteiger partial charge on any atom is 0.246 e. The molecule has 6 nitrogen and oxygen atoms in total. The van der Waals surface area contributed by atoms with E-state index >= 15 is 0 Å². The van der Waals surface area contributed by atoms with Gasteiger partial charge in [-0.2, -0.15) is 4.31 Å². The predicted octanol–water partition coefficient (Wildman–Crippen LogP) is 3.60. The first-order chi connectivity index (χ1) is 14.3. The van der Waals surface area contributed by atoms with Crippen molar-refractivity contribution in [3.05, 3.63) is 54.3 Å². The van der Waals surface area contributed by atoms with Crippen LogP contribution in [0.15, 0.2) is 58.3 Å². The molecule has 3 rings (SSSR count). The number of morpholine rings is 1. The van der Waals surface area contributed by atoms with Gasteiger partial charge >= 0.3 is 0 Å². The summed E-state index contributed by atoms with van der Waals surface area (Å²) in [6.45, 7) is 4.76. The molecule has 1 saturated heterocycles. The van der Waals surface area contributed by atoms with Crippen LogP contribution in [0.4, 0.5) is 10.1 Å². The highest BCUT2D eigenvalue weighted by Gasteiger charge is 2.30.